The zero-order valence-electron chi connectivity index (χ0n) is 41.1. The number of rotatable bonds is 24. The Bertz CT molecular complexity index is 2710. The number of aliphatic carboxylic acids is 2. The molecule has 9 atom stereocenters. The van der Waals surface area contributed by atoms with Gasteiger partial charge in [0.05, 0.1) is 26.9 Å². The Balaban J connectivity index is 0.909. The summed E-state index contributed by atoms with van der Waals surface area (Å²) in [5.74, 6) is -5.53. The van der Waals surface area contributed by atoms with Gasteiger partial charge in [0, 0.05) is 42.3 Å². The number of allylic oxidation sites excluding steroid dienone is 4. The lowest BCUT2D eigenvalue weighted by atomic mass is 9.56. The van der Waals surface area contributed by atoms with Crippen LogP contribution in [0.4, 0.5) is 14.2 Å². The quantitative estimate of drug-likeness (QED) is 0.0329. The number of carboxylic acid groups (broad SMARTS) is 2. The highest BCUT2D eigenvalue weighted by Crippen LogP contribution is 2.62. The molecule has 2 amide bonds. The maximum absolute atomic E-state index is 13.9. The van der Waals surface area contributed by atoms with Crippen molar-refractivity contribution in [3.8, 4) is 0 Å². The Morgan fingerprint density at radius 2 is 1.78 bits per heavy atom. The minimum Gasteiger partial charge on any atom is -0.480 e. The van der Waals surface area contributed by atoms with E-state index in [1.165, 1.54) is 6.07 Å². The highest BCUT2D eigenvalue weighted by atomic mass is 33.1. The van der Waals surface area contributed by atoms with Crippen LogP contribution in [0, 0.1) is 35.5 Å². The molecule has 0 aliphatic heterocycles. The monoisotopic (exact) mass is 1070 g/mol. The van der Waals surface area contributed by atoms with Crippen molar-refractivity contribution in [3.05, 3.63) is 80.8 Å². The minimum absolute atomic E-state index is 0.0300. The topological polar surface area (TPSA) is 292 Å². The number of alkyl halides is 1. The van der Waals surface area contributed by atoms with E-state index in [4.69, 9.17) is 9.47 Å². The summed E-state index contributed by atoms with van der Waals surface area (Å²) in [5.41, 5.74) is -1.63. The van der Waals surface area contributed by atoms with E-state index in [1.54, 1.807) is 58.2 Å². The first-order valence-corrected chi connectivity index (χ1v) is 27.1. The molecular weight excluding hydrogens is 1010 g/mol. The number of halogens is 1. The molecule has 0 spiro atoms. The lowest BCUT2D eigenvalue weighted by Gasteiger charge is -2.49. The second kappa shape index (κ2) is 24.2. The van der Waals surface area contributed by atoms with Gasteiger partial charge in [0.2, 0.25) is 11.7 Å². The fourth-order valence-electron chi connectivity index (χ4n) is 10.7. The van der Waals surface area contributed by atoms with Crippen LogP contribution in [0.2, 0.25) is 0 Å². The van der Waals surface area contributed by atoms with Crippen molar-refractivity contribution in [3.63, 3.8) is 0 Å². The van der Waals surface area contributed by atoms with Gasteiger partial charge in [-0.1, -0.05) is 60.1 Å². The number of carbonyl (C=O) groups is 7. The van der Waals surface area contributed by atoms with Crippen molar-refractivity contribution in [1.29, 1.82) is 0 Å². The summed E-state index contributed by atoms with van der Waals surface area (Å²) in [4.78, 5) is 110. The zero-order valence-corrected chi connectivity index (χ0v) is 43.6. The molecule has 2 heterocycles. The van der Waals surface area contributed by atoms with Gasteiger partial charge in [0.25, 0.3) is 11.5 Å². The van der Waals surface area contributed by atoms with Gasteiger partial charge in [0.15, 0.2) is 12.4 Å². The van der Waals surface area contributed by atoms with Crippen LogP contribution in [-0.2, 0) is 40.0 Å². The highest BCUT2D eigenvalue weighted by Gasteiger charge is 2.66. The molecule has 0 radical (unpaired) electrons. The molecule has 73 heavy (non-hydrogen) atoms. The number of hydrogen-bond donors (Lipinski definition) is 7. The van der Waals surface area contributed by atoms with Gasteiger partial charge in [-0.3, -0.25) is 24.0 Å². The molecule has 0 saturated heterocycles. The van der Waals surface area contributed by atoms with Gasteiger partial charge in [0.1, 0.15) is 36.8 Å². The Morgan fingerprint density at radius 1 is 1.04 bits per heavy atom. The molecule has 3 aromatic rings. The fourth-order valence-corrected chi connectivity index (χ4v) is 13.5. The Labute approximate surface area is 432 Å². The van der Waals surface area contributed by atoms with Crippen molar-refractivity contribution in [2.75, 3.05) is 43.3 Å². The average molecular weight is 1070 g/mol. The van der Waals surface area contributed by atoms with Crippen LogP contribution in [0.3, 0.4) is 0 Å². The van der Waals surface area contributed by atoms with Crippen LogP contribution in [0.25, 0.3) is 10.9 Å². The van der Waals surface area contributed by atoms with Crippen LogP contribution in [-0.4, -0.2) is 134 Å². The van der Waals surface area contributed by atoms with Gasteiger partial charge in [-0.2, -0.15) is 4.98 Å². The number of aliphatic hydroxyl groups excluding tert-OH is 1. The Kier molecular flexibility index (Phi) is 18.8. The number of H-pyrrole nitrogens is 1. The molecule has 2 fully saturated rings. The molecule has 396 valence electrons. The first-order valence-electron chi connectivity index (χ1n) is 23.8. The van der Waals surface area contributed by atoms with Gasteiger partial charge in [-0.25, -0.2) is 18.8 Å². The molecule has 7 N–H and O–H groups in total. The number of aryl methyl sites for hydroxylation is 1. The van der Waals surface area contributed by atoms with Crippen molar-refractivity contribution in [2.24, 2.45) is 28.6 Å². The van der Waals surface area contributed by atoms with E-state index in [0.717, 1.165) is 44.1 Å². The molecule has 6 rings (SSSR count). The number of hydrogen-bond acceptors (Lipinski definition) is 17. The van der Waals surface area contributed by atoms with Crippen LogP contribution < -0.4 is 21.1 Å². The van der Waals surface area contributed by atoms with E-state index in [2.05, 4.69) is 20.6 Å². The molecule has 1 aromatic carbocycles. The van der Waals surface area contributed by atoms with Gasteiger partial charge < -0.3 is 50.4 Å². The molecule has 3 aliphatic carbocycles. The highest BCUT2D eigenvalue weighted by molar-refractivity contribution is 8.76. The van der Waals surface area contributed by atoms with Gasteiger partial charge in [-0.15, -0.1) is 11.3 Å². The average Bonchev–Trinajstić information content (AvgIpc) is 3.91. The summed E-state index contributed by atoms with van der Waals surface area (Å²) in [6, 6.07) is 5.79. The van der Waals surface area contributed by atoms with Crippen molar-refractivity contribution in [2.45, 2.75) is 103 Å². The second-order valence-corrected chi connectivity index (χ2v) is 23.2. The second-order valence-electron chi connectivity index (χ2n) is 19.5. The van der Waals surface area contributed by atoms with Crippen LogP contribution in [0.5, 0.6) is 0 Å². The predicted molar refractivity (Wildman–Crippen MR) is 273 cm³/mol. The number of ether oxygens (including phenoxy) is 2. The number of aliphatic hydroxyl groups is 2. The standard InChI is InChI=1S/C50H62FN5O14S3/c1-27-18-35(30-7-8-31-20-32(57)14-15-48(31,3)21-30)49(4,22-33(58)23-51)50(27,68)40(59)25-70-47(67)69-16-17-71-72-26-38(46(65)66)54-41(60)12-10-37(45(63)64)55-44(62)39-11-13-42(73-39)56(5)24-29-6-9-36-34(19-29)43(61)53-28(2)52-36/h6,9,11,13-15,19-20,27,30,33,35,37-38,58,68H,7-8,10,12,16-18,21-26H2,1-5H3,(H,54,60)(H,55,62)(H,63,64)(H,65,66)(H,52,53,61)/t27?,30?,33?,35?,37-,38?,48?,49?,50?/m0/s1. The normalized spacial score (nSPS) is 24.7. The van der Waals surface area contributed by atoms with Crippen molar-refractivity contribution in [1.82, 2.24) is 20.6 Å². The number of thiophene rings is 1. The summed E-state index contributed by atoms with van der Waals surface area (Å²) < 4.78 is 24.1. The molecular formula is C50H62FN5O14S3. The van der Waals surface area contributed by atoms with Gasteiger partial charge >= 0.3 is 18.1 Å². The van der Waals surface area contributed by atoms with Crippen molar-refractivity contribution >= 4 is 90.3 Å². The largest absolute Gasteiger partial charge is 0.508 e. The number of amides is 2. The number of Topliss-reactive ketones (excluding diaryl/α,β-unsaturated/α-hetero) is 1. The van der Waals surface area contributed by atoms with Crippen molar-refractivity contribution < 1.29 is 67.9 Å². The molecule has 2 saturated carbocycles. The lowest BCUT2D eigenvalue weighted by Crippen LogP contribution is -2.57. The Morgan fingerprint density at radius 3 is 2.49 bits per heavy atom. The predicted octanol–water partition coefficient (Wildman–Crippen LogP) is 5.55. The third-order valence-electron chi connectivity index (χ3n) is 14.4. The van der Waals surface area contributed by atoms with Crippen LogP contribution in [0.15, 0.2) is 58.9 Å². The number of nitrogens with one attached hydrogen (secondary N) is 3. The van der Waals surface area contributed by atoms with Gasteiger partial charge in [-0.05, 0) is 105 Å². The van der Waals surface area contributed by atoms with E-state index in [0.29, 0.717) is 54.0 Å². The number of nitrogens with zero attached hydrogens (tertiary/aromatic N) is 2. The summed E-state index contributed by atoms with van der Waals surface area (Å²) in [6.45, 7) is 5.38. The number of carbonyl (C=O) groups excluding carboxylic acids is 5. The number of fused-ring (bicyclic) bond motifs is 2. The van der Waals surface area contributed by atoms with E-state index in [-0.39, 0.29) is 59.0 Å². The molecule has 8 unspecified atom stereocenters. The number of anilines is 1. The number of aromatic nitrogens is 2. The molecule has 3 aliphatic rings. The van der Waals surface area contributed by atoms with Crippen LogP contribution in [0.1, 0.15) is 86.8 Å². The number of ketones is 2. The number of carboxylic acids is 2. The number of aromatic amines is 1. The maximum atomic E-state index is 13.9. The Hall–Kier alpha value is -5.62. The smallest absolute Gasteiger partial charge is 0.480 e. The van der Waals surface area contributed by atoms with E-state index >= 15 is 0 Å². The third kappa shape index (κ3) is 13.4. The van der Waals surface area contributed by atoms with E-state index in [1.807, 2.05) is 24.0 Å². The first-order chi connectivity index (χ1) is 34.5. The summed E-state index contributed by atoms with van der Waals surface area (Å²) >= 11 is 1.11. The first kappa shape index (κ1) is 56.7. The SMILES string of the molecule is Cc1nc(=O)c2cc(CN(C)c3ccc(C(=O)N[C@@H](CCC(=O)NC(CSSCCOC(=O)OCC(=O)C4(O)C(C)CC(C5CCC6=CC(=O)C=CC6(C)C5)C4(C)CC(O)CF)C(=O)O)C(=O)O)s3)ccc2[nH]1. The number of benzene rings is 1. The fraction of sp³-hybridized carbons (Fsp3) is 0.540. The third-order valence-corrected chi connectivity index (χ3v) is 18.0. The summed E-state index contributed by atoms with van der Waals surface area (Å²) in [7, 11) is 3.96. The van der Waals surface area contributed by atoms with E-state index in [9.17, 15) is 63.2 Å². The minimum atomic E-state index is -2.08. The molecule has 2 aromatic heterocycles. The summed E-state index contributed by atoms with van der Waals surface area (Å²) in [6.07, 6.45) is 3.82. The molecule has 0 bridgehead atoms. The van der Waals surface area contributed by atoms with Crippen LogP contribution >= 0.6 is 32.9 Å². The zero-order chi connectivity index (χ0) is 53.4. The maximum Gasteiger partial charge on any atom is 0.508 e. The molecule has 19 nitrogen and oxygen atoms in total. The lowest BCUT2D eigenvalue weighted by molar-refractivity contribution is -0.166. The molecule has 23 heteroatoms. The summed E-state index contributed by atoms with van der Waals surface area (Å²) in [5, 5.41) is 48.3. The van der Waals surface area contributed by atoms with E-state index < -0.39 is 95.9 Å².